The van der Waals surface area contributed by atoms with Gasteiger partial charge in [-0.3, -0.25) is 0 Å². The summed E-state index contributed by atoms with van der Waals surface area (Å²) in [5.41, 5.74) is 26.3. The fourth-order valence-electron chi connectivity index (χ4n) is 14.4. The minimum atomic E-state index is 0.0294. The summed E-state index contributed by atoms with van der Waals surface area (Å²) in [6, 6.07) is 88.7. The second kappa shape index (κ2) is 13.7. The Balaban J connectivity index is 1.09. The van der Waals surface area contributed by atoms with E-state index < -0.39 is 0 Å². The average molecular weight is 924 g/mol. The van der Waals surface area contributed by atoms with E-state index in [0.29, 0.717) is 0 Å². The van der Waals surface area contributed by atoms with Crippen molar-refractivity contribution in [1.82, 2.24) is 13.7 Å². The number of para-hydroxylation sites is 8. The Morgan fingerprint density at radius 1 is 0.233 bits per heavy atom. The first-order chi connectivity index (χ1) is 36.3. The normalized spacial score (nSPS) is 13.6. The summed E-state index contributed by atoms with van der Waals surface area (Å²) in [6.07, 6.45) is 0. The average Bonchev–Trinajstić information content (AvgIpc) is 4.22. The maximum Gasteiger partial charge on any atom is 0.252 e. The molecule has 4 aliphatic rings. The van der Waals surface area contributed by atoms with Crippen LogP contribution >= 0.6 is 0 Å². The molecule has 0 saturated heterocycles. The van der Waals surface area contributed by atoms with Crippen LogP contribution in [0.3, 0.4) is 0 Å². The predicted molar refractivity (Wildman–Crippen MR) is 308 cm³/mol. The molecule has 0 spiro atoms. The number of nitrogens with zero attached hydrogens (tertiary/aromatic N) is 5. The fourth-order valence-corrected chi connectivity index (χ4v) is 14.4. The third kappa shape index (κ3) is 4.59. The van der Waals surface area contributed by atoms with Crippen LogP contribution in [0, 0.1) is 0 Å². The molecule has 7 heteroatoms. The smallest absolute Gasteiger partial charge is 0.252 e. The van der Waals surface area contributed by atoms with Crippen LogP contribution in [0.5, 0.6) is 0 Å². The van der Waals surface area contributed by atoms with Crippen molar-refractivity contribution >= 4 is 146 Å². The SMILES string of the molecule is c1ccc(N2c3ccccc3B3c4c2cccc4-n2c4c3cccc4c3c4c(c5ccccc5n4-c4ccccc4)c4c(c5cccc6c5n4-c4cccc5c4B6c4ccccc4N5c4ccccc4)c32)cc1. The number of fused-ring (bicyclic) bond motifs is 20. The fraction of sp³-hybridized carbons (Fsp3) is 0. The van der Waals surface area contributed by atoms with Gasteiger partial charge in [-0.15, -0.1) is 0 Å². The molecule has 73 heavy (non-hydrogen) atoms. The lowest BCUT2D eigenvalue weighted by Crippen LogP contribution is -2.60. The molecule has 18 rings (SSSR count). The van der Waals surface area contributed by atoms with Crippen molar-refractivity contribution in [2.75, 3.05) is 9.80 Å². The van der Waals surface area contributed by atoms with Crippen LogP contribution < -0.4 is 42.6 Å². The lowest BCUT2D eigenvalue weighted by molar-refractivity contribution is 1.17. The van der Waals surface area contributed by atoms with E-state index in [0.717, 1.165) is 17.1 Å². The Bertz CT molecular complexity index is 4760. The van der Waals surface area contributed by atoms with Gasteiger partial charge in [0.15, 0.2) is 0 Å². The molecule has 0 aliphatic carbocycles. The van der Waals surface area contributed by atoms with Gasteiger partial charge in [0.2, 0.25) is 0 Å². The van der Waals surface area contributed by atoms with Gasteiger partial charge >= 0.3 is 0 Å². The van der Waals surface area contributed by atoms with Crippen LogP contribution in [0.2, 0.25) is 0 Å². The molecule has 3 aromatic heterocycles. The molecule has 334 valence electrons. The molecule has 7 heterocycles. The van der Waals surface area contributed by atoms with Gasteiger partial charge in [-0.05, 0) is 112 Å². The molecule has 0 saturated carbocycles. The minimum Gasteiger partial charge on any atom is -0.311 e. The van der Waals surface area contributed by atoms with Gasteiger partial charge in [-0.1, -0.05) is 158 Å². The Morgan fingerprint density at radius 3 is 1.11 bits per heavy atom. The molecular weight excluding hydrogens is 884 g/mol. The molecule has 0 fully saturated rings. The van der Waals surface area contributed by atoms with Crippen LogP contribution in [0.4, 0.5) is 34.1 Å². The standard InChI is InChI=1S/C66H39B2N5/c1-4-20-40(21-5-1)69-52-35-15-12-30-47(52)68-49-32-17-28-45-59-65(72(63(45)49)55-38-18-36-53(69)60(55)68)57-43-26-10-13-33-50(43)71(42-24-8-3-9-25-42)64(57)58-44-27-16-31-48-62(44)73(66(58)59)56-39-19-37-54-61(56)67(48)46-29-11-14-34-51(46)70(54)41-22-6-2-7-23-41/h1-39H. The summed E-state index contributed by atoms with van der Waals surface area (Å²) < 4.78 is 7.97. The molecule has 0 unspecified atom stereocenters. The Hall–Kier alpha value is -9.45. The van der Waals surface area contributed by atoms with E-state index in [4.69, 9.17) is 0 Å². The molecule has 11 aromatic carbocycles. The van der Waals surface area contributed by atoms with Gasteiger partial charge in [-0.25, -0.2) is 0 Å². The van der Waals surface area contributed by atoms with E-state index in [-0.39, 0.29) is 13.4 Å². The highest BCUT2D eigenvalue weighted by molar-refractivity contribution is 7.01. The molecule has 4 aliphatic heterocycles. The summed E-state index contributed by atoms with van der Waals surface area (Å²) >= 11 is 0. The van der Waals surface area contributed by atoms with Gasteiger partial charge in [0.05, 0.1) is 22.1 Å². The van der Waals surface area contributed by atoms with Crippen molar-refractivity contribution in [1.29, 1.82) is 0 Å². The number of rotatable bonds is 3. The largest absolute Gasteiger partial charge is 0.311 e. The van der Waals surface area contributed by atoms with Crippen molar-refractivity contribution in [2.45, 2.75) is 0 Å². The van der Waals surface area contributed by atoms with E-state index in [1.165, 1.54) is 132 Å². The third-order valence-electron chi connectivity index (χ3n) is 16.9. The van der Waals surface area contributed by atoms with Gasteiger partial charge in [-0.2, -0.15) is 0 Å². The summed E-state index contributed by atoms with van der Waals surface area (Å²) in [6.45, 7) is 0.0611. The van der Waals surface area contributed by atoms with Crippen molar-refractivity contribution < 1.29 is 0 Å². The van der Waals surface area contributed by atoms with E-state index in [1.54, 1.807) is 0 Å². The molecule has 0 atom stereocenters. The second-order valence-corrected chi connectivity index (χ2v) is 20.3. The first kappa shape index (κ1) is 38.3. The van der Waals surface area contributed by atoms with Crippen molar-refractivity contribution in [3.63, 3.8) is 0 Å². The van der Waals surface area contributed by atoms with Gasteiger partial charge in [0.25, 0.3) is 13.4 Å². The molecule has 0 radical (unpaired) electrons. The zero-order chi connectivity index (χ0) is 47.2. The Morgan fingerprint density at radius 2 is 0.589 bits per heavy atom. The van der Waals surface area contributed by atoms with Gasteiger partial charge in [0, 0.05) is 94.5 Å². The monoisotopic (exact) mass is 923 g/mol. The number of anilines is 6. The first-order valence-corrected chi connectivity index (χ1v) is 25.5. The summed E-state index contributed by atoms with van der Waals surface area (Å²) in [5, 5.41) is 7.64. The Labute approximate surface area is 420 Å². The maximum atomic E-state index is 2.70. The van der Waals surface area contributed by atoms with Crippen LogP contribution in [-0.2, 0) is 0 Å². The van der Waals surface area contributed by atoms with E-state index >= 15 is 0 Å². The Kier molecular flexibility index (Phi) is 7.19. The summed E-state index contributed by atoms with van der Waals surface area (Å²) in [4.78, 5) is 4.99. The van der Waals surface area contributed by atoms with Crippen molar-refractivity contribution in [3.05, 3.63) is 237 Å². The van der Waals surface area contributed by atoms with E-state index in [1.807, 2.05) is 0 Å². The summed E-state index contributed by atoms with van der Waals surface area (Å²) in [5.74, 6) is 0. The highest BCUT2D eigenvalue weighted by Gasteiger charge is 2.45. The maximum absolute atomic E-state index is 2.70. The highest BCUT2D eigenvalue weighted by atomic mass is 15.2. The predicted octanol–water partition coefficient (Wildman–Crippen LogP) is 12.2. The molecule has 0 amide bonds. The summed E-state index contributed by atoms with van der Waals surface area (Å²) in [7, 11) is 0. The zero-order valence-electron chi connectivity index (χ0n) is 39.4. The molecular formula is C66H39B2N5. The van der Waals surface area contributed by atoms with Crippen LogP contribution in [0.1, 0.15) is 0 Å². The quantitative estimate of drug-likeness (QED) is 0.165. The highest BCUT2D eigenvalue weighted by Crippen LogP contribution is 2.52. The topological polar surface area (TPSA) is 21.3 Å². The van der Waals surface area contributed by atoms with Crippen molar-refractivity contribution in [3.8, 4) is 17.1 Å². The molecule has 0 bridgehead atoms. The van der Waals surface area contributed by atoms with Crippen LogP contribution in [-0.4, -0.2) is 27.1 Å². The van der Waals surface area contributed by atoms with Gasteiger partial charge in [0.1, 0.15) is 0 Å². The van der Waals surface area contributed by atoms with Crippen LogP contribution in [0.25, 0.3) is 82.5 Å². The van der Waals surface area contributed by atoms with Crippen molar-refractivity contribution in [2.24, 2.45) is 0 Å². The number of hydrogen-bond acceptors (Lipinski definition) is 2. The third-order valence-corrected chi connectivity index (χ3v) is 16.9. The lowest BCUT2D eigenvalue weighted by Gasteiger charge is -2.40. The molecule has 14 aromatic rings. The van der Waals surface area contributed by atoms with E-state index in [9.17, 15) is 0 Å². The van der Waals surface area contributed by atoms with Gasteiger partial charge < -0.3 is 23.5 Å². The number of hydrogen-bond donors (Lipinski definition) is 0. The lowest BCUT2D eigenvalue weighted by atomic mass is 9.34. The second-order valence-electron chi connectivity index (χ2n) is 20.3. The van der Waals surface area contributed by atoms with E-state index in [2.05, 4.69) is 260 Å². The first-order valence-electron chi connectivity index (χ1n) is 25.5. The number of aromatic nitrogens is 3. The molecule has 5 nitrogen and oxygen atoms in total. The zero-order valence-corrected chi connectivity index (χ0v) is 39.4. The minimum absolute atomic E-state index is 0.0294. The molecule has 0 N–H and O–H groups in total. The number of benzene rings is 11. The van der Waals surface area contributed by atoms with Crippen LogP contribution in [0.15, 0.2) is 237 Å².